The highest BCUT2D eigenvalue weighted by molar-refractivity contribution is 7.89. The van der Waals surface area contributed by atoms with Gasteiger partial charge in [0.1, 0.15) is 6.04 Å². The Labute approximate surface area is 285 Å². The number of benzene rings is 3. The lowest BCUT2D eigenvalue weighted by Gasteiger charge is -2.44. The molecule has 11 heteroatoms. The summed E-state index contributed by atoms with van der Waals surface area (Å²) < 4.78 is 33.9. The van der Waals surface area contributed by atoms with E-state index in [1.54, 1.807) is 12.1 Å². The van der Waals surface area contributed by atoms with Crippen molar-refractivity contribution in [3.05, 3.63) is 96.1 Å². The van der Waals surface area contributed by atoms with Crippen molar-refractivity contribution in [2.45, 2.75) is 87.2 Å². The summed E-state index contributed by atoms with van der Waals surface area (Å²) in [7, 11) is -2.62. The zero-order valence-corrected chi connectivity index (χ0v) is 29.0. The number of rotatable bonds is 17. The van der Waals surface area contributed by atoms with E-state index in [2.05, 4.69) is 10.6 Å². The van der Waals surface area contributed by atoms with Crippen LogP contribution < -0.4 is 16.4 Å². The molecule has 5 N–H and O–H groups in total. The molecule has 0 aliphatic heterocycles. The highest BCUT2D eigenvalue weighted by Crippen LogP contribution is 2.38. The molecule has 260 valence electrons. The van der Waals surface area contributed by atoms with Crippen LogP contribution in [0.2, 0.25) is 0 Å². The molecule has 48 heavy (non-hydrogen) atoms. The van der Waals surface area contributed by atoms with Gasteiger partial charge in [0.25, 0.3) is 0 Å². The number of hydrogen-bond donors (Lipinski definition) is 4. The molecule has 0 heterocycles. The molecule has 0 unspecified atom stereocenters. The molecule has 1 fully saturated rings. The van der Waals surface area contributed by atoms with Gasteiger partial charge in [0.2, 0.25) is 15.9 Å². The van der Waals surface area contributed by atoms with E-state index in [1.807, 2.05) is 74.5 Å². The average Bonchev–Trinajstić information content (AvgIpc) is 3.06. The molecule has 1 saturated carbocycles. The van der Waals surface area contributed by atoms with Gasteiger partial charge >= 0.3 is 6.09 Å². The van der Waals surface area contributed by atoms with E-state index in [-0.39, 0.29) is 29.9 Å². The van der Waals surface area contributed by atoms with Crippen molar-refractivity contribution in [2.75, 3.05) is 26.0 Å². The molecule has 4 rings (SSSR count). The van der Waals surface area contributed by atoms with Gasteiger partial charge < -0.3 is 26.2 Å². The van der Waals surface area contributed by atoms with Crippen LogP contribution >= 0.6 is 0 Å². The van der Waals surface area contributed by atoms with Crippen molar-refractivity contribution in [2.24, 2.45) is 5.92 Å². The van der Waals surface area contributed by atoms with Crippen LogP contribution in [-0.4, -0.2) is 67.7 Å². The maximum atomic E-state index is 14.2. The summed E-state index contributed by atoms with van der Waals surface area (Å²) >= 11 is 0. The standard InChI is InChI=1S/C37H50N4O6S/c1-27(2)21-25-41(48(45,46)32-19-17-30(38)18-20-32)31(26-42)16-10-22-37(23-11-24-37)40-35(43)34(39-36(44)47-3)33(28-12-6-4-7-13-28)29-14-8-5-9-15-29/h4-9,12-15,17-20,27,31,33-34,42H,10-11,16,21-26,38H2,1-3H3,(H,39,44)(H,40,43)/t31-,34-/m0/s1. The van der Waals surface area contributed by atoms with E-state index in [4.69, 9.17) is 10.5 Å². The minimum absolute atomic E-state index is 0.136. The Balaban J connectivity index is 1.53. The summed E-state index contributed by atoms with van der Waals surface area (Å²) in [6.07, 6.45) is 3.99. The molecule has 0 aromatic heterocycles. The molecule has 3 aromatic carbocycles. The normalized spacial score (nSPS) is 15.5. The third-order valence-electron chi connectivity index (χ3n) is 9.32. The molecule has 2 atom stereocenters. The van der Waals surface area contributed by atoms with E-state index in [0.29, 0.717) is 31.4 Å². The molecule has 1 aliphatic rings. The number of ether oxygens (including phenoxy) is 1. The van der Waals surface area contributed by atoms with Crippen molar-refractivity contribution in [3.63, 3.8) is 0 Å². The highest BCUT2D eigenvalue weighted by Gasteiger charge is 2.42. The number of nitrogens with one attached hydrogen (secondary N) is 2. The Kier molecular flexibility index (Phi) is 13.0. The molecule has 2 amide bonds. The average molecular weight is 679 g/mol. The second-order valence-corrected chi connectivity index (χ2v) is 15.0. The van der Waals surface area contributed by atoms with Crippen molar-refractivity contribution in [3.8, 4) is 0 Å². The molecule has 0 spiro atoms. The monoisotopic (exact) mass is 678 g/mol. The maximum absolute atomic E-state index is 14.2. The summed E-state index contributed by atoms with van der Waals surface area (Å²) in [6, 6.07) is 23.7. The minimum Gasteiger partial charge on any atom is -0.453 e. The van der Waals surface area contributed by atoms with Crippen molar-refractivity contribution in [1.29, 1.82) is 0 Å². The second-order valence-electron chi connectivity index (χ2n) is 13.1. The van der Waals surface area contributed by atoms with Gasteiger partial charge in [0.15, 0.2) is 0 Å². The number of methoxy groups -OCH3 is 1. The van der Waals surface area contributed by atoms with Gasteiger partial charge in [-0.2, -0.15) is 4.31 Å². The van der Waals surface area contributed by atoms with Crippen LogP contribution in [0.25, 0.3) is 0 Å². The number of sulfonamides is 1. The van der Waals surface area contributed by atoms with E-state index in [0.717, 1.165) is 30.4 Å². The number of alkyl carbamates (subject to hydrolysis) is 1. The fraction of sp³-hybridized carbons (Fsp3) is 0.459. The van der Waals surface area contributed by atoms with Crippen LogP contribution in [0.5, 0.6) is 0 Å². The van der Waals surface area contributed by atoms with E-state index >= 15 is 0 Å². The first kappa shape index (κ1) is 36.9. The first-order valence-electron chi connectivity index (χ1n) is 16.7. The number of amides is 2. The highest BCUT2D eigenvalue weighted by atomic mass is 32.2. The zero-order chi connectivity index (χ0) is 34.7. The van der Waals surface area contributed by atoms with Crippen LogP contribution in [-0.2, 0) is 19.6 Å². The largest absolute Gasteiger partial charge is 0.453 e. The number of aliphatic hydroxyl groups excluding tert-OH is 1. The molecular weight excluding hydrogens is 628 g/mol. The number of hydrogen-bond acceptors (Lipinski definition) is 7. The predicted molar refractivity (Wildman–Crippen MR) is 188 cm³/mol. The Morgan fingerprint density at radius 1 is 0.938 bits per heavy atom. The molecule has 0 radical (unpaired) electrons. The van der Waals surface area contributed by atoms with E-state index in [1.165, 1.54) is 23.5 Å². The predicted octanol–water partition coefficient (Wildman–Crippen LogP) is 5.43. The molecule has 1 aliphatic carbocycles. The Morgan fingerprint density at radius 3 is 2.00 bits per heavy atom. The number of nitrogen functional groups attached to an aromatic ring is 1. The fourth-order valence-corrected chi connectivity index (χ4v) is 8.09. The third-order valence-corrected chi connectivity index (χ3v) is 11.3. The molecule has 0 saturated heterocycles. The van der Waals surface area contributed by atoms with Crippen LogP contribution in [0.4, 0.5) is 10.5 Å². The molecular formula is C37H50N4O6S. The van der Waals surface area contributed by atoms with Crippen LogP contribution in [0.1, 0.15) is 75.8 Å². The van der Waals surface area contributed by atoms with Crippen LogP contribution in [0.3, 0.4) is 0 Å². The Hall–Kier alpha value is -3.93. The fourth-order valence-electron chi connectivity index (χ4n) is 6.43. The number of carbonyl (C=O) groups is 2. The SMILES string of the molecule is COC(=O)N[C@H](C(=O)NC1(CCC[C@@H](CO)N(CCC(C)C)S(=O)(=O)c2ccc(N)cc2)CCC1)C(c1ccccc1)c1ccccc1. The van der Waals surface area contributed by atoms with Gasteiger partial charge in [-0.25, -0.2) is 13.2 Å². The molecule has 10 nitrogen and oxygen atoms in total. The Morgan fingerprint density at radius 2 is 1.52 bits per heavy atom. The van der Waals surface area contributed by atoms with Crippen molar-refractivity contribution in [1.82, 2.24) is 14.9 Å². The summed E-state index contributed by atoms with van der Waals surface area (Å²) in [5.41, 5.74) is 7.51. The van der Waals surface area contributed by atoms with Gasteiger partial charge in [-0.15, -0.1) is 0 Å². The quantitative estimate of drug-likeness (QED) is 0.139. The molecule has 3 aromatic rings. The first-order chi connectivity index (χ1) is 23.0. The number of aliphatic hydroxyl groups is 1. The lowest BCUT2D eigenvalue weighted by Crippen LogP contribution is -2.60. The van der Waals surface area contributed by atoms with Crippen LogP contribution in [0.15, 0.2) is 89.8 Å². The van der Waals surface area contributed by atoms with Crippen molar-refractivity contribution >= 4 is 27.7 Å². The van der Waals surface area contributed by atoms with E-state index in [9.17, 15) is 23.1 Å². The van der Waals surface area contributed by atoms with Gasteiger partial charge in [-0.1, -0.05) is 74.5 Å². The smallest absolute Gasteiger partial charge is 0.407 e. The lowest BCUT2D eigenvalue weighted by atomic mass is 9.72. The lowest BCUT2D eigenvalue weighted by molar-refractivity contribution is -0.126. The van der Waals surface area contributed by atoms with Gasteiger partial charge in [-0.3, -0.25) is 4.79 Å². The number of anilines is 1. The summed E-state index contributed by atoms with van der Waals surface area (Å²) in [5.74, 6) is -0.527. The van der Waals surface area contributed by atoms with Gasteiger partial charge in [-0.05, 0) is 86.3 Å². The summed E-state index contributed by atoms with van der Waals surface area (Å²) in [4.78, 5) is 26.9. The number of nitrogens with two attached hydrogens (primary N) is 1. The first-order valence-corrected chi connectivity index (χ1v) is 18.2. The second kappa shape index (κ2) is 16.9. The van der Waals surface area contributed by atoms with Gasteiger partial charge in [0.05, 0.1) is 18.6 Å². The summed E-state index contributed by atoms with van der Waals surface area (Å²) in [5, 5.41) is 16.6. The van der Waals surface area contributed by atoms with Crippen molar-refractivity contribution < 1.29 is 27.9 Å². The van der Waals surface area contributed by atoms with Gasteiger partial charge in [0, 0.05) is 29.7 Å². The molecule has 0 bridgehead atoms. The maximum Gasteiger partial charge on any atom is 0.407 e. The van der Waals surface area contributed by atoms with E-state index < -0.39 is 39.7 Å². The number of carbonyl (C=O) groups excluding carboxylic acids is 2. The third kappa shape index (κ3) is 9.36. The zero-order valence-electron chi connectivity index (χ0n) is 28.2. The van der Waals surface area contributed by atoms with Crippen LogP contribution in [0, 0.1) is 5.92 Å². The number of nitrogens with zero attached hydrogens (tertiary/aromatic N) is 1. The topological polar surface area (TPSA) is 151 Å². The Bertz CT molecular complexity index is 1520. The minimum atomic E-state index is -3.89. The summed E-state index contributed by atoms with van der Waals surface area (Å²) in [6.45, 7) is 4.02.